The summed E-state index contributed by atoms with van der Waals surface area (Å²) < 4.78 is 4.59. The molecule has 0 aliphatic carbocycles. The molecule has 2 N–H and O–H groups in total. The summed E-state index contributed by atoms with van der Waals surface area (Å²) in [5, 5.41) is 10.8. The zero-order valence-electron chi connectivity index (χ0n) is 5.96. The van der Waals surface area contributed by atoms with Crippen LogP contribution in [0.25, 0.3) is 0 Å². The monoisotopic (exact) mass is 146 g/mol. The Bertz CT molecular complexity index is 95.0. The fraction of sp³-hybridized carbons (Fsp3) is 0.667. The number of rotatable bonds is 5. The van der Waals surface area contributed by atoms with E-state index in [-0.39, 0.29) is 12.5 Å². The maximum absolute atomic E-state index is 10.5. The minimum atomic E-state index is -0.302. The maximum Gasteiger partial charge on any atom is 0.319 e. The van der Waals surface area contributed by atoms with Crippen molar-refractivity contribution in [2.45, 2.75) is 6.92 Å². The minimum absolute atomic E-state index is 0.144. The van der Waals surface area contributed by atoms with E-state index in [4.69, 9.17) is 5.11 Å². The molecular formula is C6H12NO3. The van der Waals surface area contributed by atoms with E-state index in [0.29, 0.717) is 13.2 Å². The second kappa shape index (κ2) is 6.51. The second-order valence-electron chi connectivity index (χ2n) is 1.62. The van der Waals surface area contributed by atoms with Crippen LogP contribution in [0, 0.1) is 6.61 Å². The second-order valence-corrected chi connectivity index (χ2v) is 1.62. The van der Waals surface area contributed by atoms with Crippen molar-refractivity contribution in [1.29, 1.82) is 0 Å². The van der Waals surface area contributed by atoms with Crippen LogP contribution in [0.4, 0.5) is 0 Å². The average molecular weight is 146 g/mol. The van der Waals surface area contributed by atoms with Crippen molar-refractivity contribution in [1.82, 2.24) is 5.32 Å². The first-order chi connectivity index (χ1) is 4.81. The normalized spacial score (nSPS) is 9.40. The van der Waals surface area contributed by atoms with Crippen LogP contribution in [-0.2, 0) is 9.53 Å². The summed E-state index contributed by atoms with van der Waals surface area (Å²) in [6.45, 7) is 3.53. The fourth-order valence-electron chi connectivity index (χ4n) is 0.451. The summed E-state index contributed by atoms with van der Waals surface area (Å²) in [6, 6.07) is 0. The molecule has 0 saturated heterocycles. The van der Waals surface area contributed by atoms with E-state index in [1.54, 1.807) is 6.92 Å². The van der Waals surface area contributed by atoms with Gasteiger partial charge in [0, 0.05) is 6.54 Å². The number of aliphatic hydroxyl groups is 1. The Morgan fingerprint density at radius 3 is 3.00 bits per heavy atom. The summed E-state index contributed by atoms with van der Waals surface area (Å²) in [5.74, 6) is -0.302. The van der Waals surface area contributed by atoms with E-state index in [2.05, 4.69) is 10.1 Å². The molecule has 0 aromatic heterocycles. The molecule has 4 nitrogen and oxygen atoms in total. The van der Waals surface area contributed by atoms with Crippen molar-refractivity contribution >= 4 is 5.97 Å². The van der Waals surface area contributed by atoms with Gasteiger partial charge in [-0.2, -0.15) is 0 Å². The van der Waals surface area contributed by atoms with Gasteiger partial charge >= 0.3 is 5.97 Å². The van der Waals surface area contributed by atoms with E-state index in [1.165, 1.54) is 0 Å². The molecule has 1 radical (unpaired) electrons. The predicted molar refractivity (Wildman–Crippen MR) is 35.7 cm³/mol. The highest BCUT2D eigenvalue weighted by Gasteiger charge is 1.97. The smallest absolute Gasteiger partial charge is 0.319 e. The number of ether oxygens (including phenoxy) is 1. The fourth-order valence-corrected chi connectivity index (χ4v) is 0.451. The summed E-state index contributed by atoms with van der Waals surface area (Å²) in [5.41, 5.74) is 0. The van der Waals surface area contributed by atoms with Crippen LogP contribution in [0.1, 0.15) is 6.92 Å². The SMILES string of the molecule is CCOC(=O)CNC[CH]O. The standard InChI is InChI=1S/C6H12NO3/c1-2-10-6(9)5-7-3-4-8/h4,7-8H,2-3,5H2,1H3. The Morgan fingerprint density at radius 1 is 1.80 bits per heavy atom. The van der Waals surface area contributed by atoms with Crippen molar-refractivity contribution in [3.05, 3.63) is 6.61 Å². The third kappa shape index (κ3) is 5.53. The molecule has 0 fully saturated rings. The van der Waals surface area contributed by atoms with Crippen molar-refractivity contribution in [3.63, 3.8) is 0 Å². The number of nitrogens with one attached hydrogen (secondary N) is 1. The molecule has 0 amide bonds. The molecule has 0 saturated carbocycles. The van der Waals surface area contributed by atoms with E-state index in [1.807, 2.05) is 0 Å². The molecule has 0 bridgehead atoms. The summed E-state index contributed by atoms with van der Waals surface area (Å²) in [7, 11) is 0. The van der Waals surface area contributed by atoms with Crippen molar-refractivity contribution in [2.75, 3.05) is 19.7 Å². The van der Waals surface area contributed by atoms with E-state index >= 15 is 0 Å². The molecular weight excluding hydrogens is 134 g/mol. The lowest BCUT2D eigenvalue weighted by molar-refractivity contribution is -0.141. The lowest BCUT2D eigenvalue weighted by Gasteiger charge is -2.00. The third-order valence-corrected chi connectivity index (χ3v) is 0.810. The molecule has 0 atom stereocenters. The van der Waals surface area contributed by atoms with Crippen LogP contribution in [0.5, 0.6) is 0 Å². The quantitative estimate of drug-likeness (QED) is 0.412. The number of aliphatic hydroxyl groups excluding tert-OH is 1. The molecule has 0 rings (SSSR count). The highest BCUT2D eigenvalue weighted by Crippen LogP contribution is 1.74. The van der Waals surface area contributed by atoms with Gasteiger partial charge in [0.25, 0.3) is 0 Å². The first-order valence-electron chi connectivity index (χ1n) is 3.13. The molecule has 0 aliphatic rings. The van der Waals surface area contributed by atoms with Crippen LogP contribution < -0.4 is 5.32 Å². The van der Waals surface area contributed by atoms with Crippen LogP contribution in [0.2, 0.25) is 0 Å². The molecule has 0 unspecified atom stereocenters. The highest BCUT2D eigenvalue weighted by atomic mass is 16.5. The van der Waals surface area contributed by atoms with Crippen molar-refractivity contribution in [2.24, 2.45) is 0 Å². The van der Waals surface area contributed by atoms with Gasteiger partial charge in [0.05, 0.1) is 19.8 Å². The van der Waals surface area contributed by atoms with Gasteiger partial charge in [-0.15, -0.1) is 0 Å². The van der Waals surface area contributed by atoms with Gasteiger partial charge in [-0.3, -0.25) is 4.79 Å². The molecule has 0 aromatic rings. The maximum atomic E-state index is 10.5. The van der Waals surface area contributed by atoms with Gasteiger partial charge in [-0.1, -0.05) is 0 Å². The van der Waals surface area contributed by atoms with Crippen molar-refractivity contribution in [3.8, 4) is 0 Å². The number of esters is 1. The Kier molecular flexibility index (Phi) is 6.11. The first-order valence-corrected chi connectivity index (χ1v) is 3.13. The van der Waals surface area contributed by atoms with Crippen molar-refractivity contribution < 1.29 is 14.6 Å². The van der Waals surface area contributed by atoms with Crippen LogP contribution in [-0.4, -0.2) is 30.8 Å². The molecule has 0 aromatic carbocycles. The zero-order chi connectivity index (χ0) is 7.82. The number of hydrogen-bond acceptors (Lipinski definition) is 4. The largest absolute Gasteiger partial charge is 0.465 e. The van der Waals surface area contributed by atoms with E-state index < -0.39 is 0 Å². The lowest BCUT2D eigenvalue weighted by Crippen LogP contribution is -2.25. The minimum Gasteiger partial charge on any atom is -0.465 e. The Balaban J connectivity index is 3.05. The van der Waals surface area contributed by atoms with Gasteiger partial charge < -0.3 is 15.2 Å². The molecule has 0 aliphatic heterocycles. The van der Waals surface area contributed by atoms with Crippen LogP contribution in [0.3, 0.4) is 0 Å². The van der Waals surface area contributed by atoms with Gasteiger partial charge in [0.1, 0.15) is 0 Å². The molecule has 10 heavy (non-hydrogen) atoms. The van der Waals surface area contributed by atoms with E-state index in [0.717, 1.165) is 6.61 Å². The van der Waals surface area contributed by atoms with Crippen LogP contribution >= 0.6 is 0 Å². The van der Waals surface area contributed by atoms with Crippen LogP contribution in [0.15, 0.2) is 0 Å². The summed E-state index contributed by atoms with van der Waals surface area (Å²) >= 11 is 0. The molecule has 0 heterocycles. The third-order valence-electron chi connectivity index (χ3n) is 0.810. The number of hydrogen-bond donors (Lipinski definition) is 2. The zero-order valence-corrected chi connectivity index (χ0v) is 5.96. The first kappa shape index (κ1) is 9.39. The van der Waals surface area contributed by atoms with Gasteiger partial charge in [0.15, 0.2) is 0 Å². The molecule has 0 spiro atoms. The lowest BCUT2D eigenvalue weighted by atomic mass is 10.6. The molecule has 59 valence electrons. The summed E-state index contributed by atoms with van der Waals surface area (Å²) in [4.78, 5) is 10.5. The van der Waals surface area contributed by atoms with Gasteiger partial charge in [-0.25, -0.2) is 0 Å². The predicted octanol–water partition coefficient (Wildman–Crippen LogP) is -0.327. The topological polar surface area (TPSA) is 58.6 Å². The van der Waals surface area contributed by atoms with Gasteiger partial charge in [0.2, 0.25) is 0 Å². The highest BCUT2D eigenvalue weighted by molar-refractivity contribution is 5.71. The van der Waals surface area contributed by atoms with E-state index in [9.17, 15) is 4.79 Å². The Labute approximate surface area is 60.2 Å². The summed E-state index contributed by atoms with van der Waals surface area (Å²) in [6.07, 6.45) is 0. The number of carbonyl (C=O) groups excluding carboxylic acids is 1. The Hall–Kier alpha value is -0.610. The molecule has 4 heteroatoms. The Morgan fingerprint density at radius 2 is 2.50 bits per heavy atom. The average Bonchev–Trinajstić information content (AvgIpc) is 1.89. The number of carbonyl (C=O) groups is 1. The van der Waals surface area contributed by atoms with Gasteiger partial charge in [-0.05, 0) is 6.92 Å².